The number of benzene rings is 1. The number of amides is 3. The molecule has 242 valence electrons. The molecule has 3 aliphatic heterocycles. The standard InChI is InChI=1S/C27H23F3N6O8S2/c1-43-16-5-3-2-4-13(16)9-35-7-6-12(21(35)38)8-14-10-45-23-18(33-20(37)17(34-42)15-11-46-26(31)32-15)22(39)36(23)19(14)24(40)44-25(41)27(28,29)30/h2-5,8,11,18,23,42H,6-7,9-10H2,1H3,(H2,31,32)(H,33,37)/b12-8?,34-17-/t18-,23-/m1/s1. The summed E-state index contributed by atoms with van der Waals surface area (Å²) in [6.45, 7) is 0.484. The van der Waals surface area contributed by atoms with Gasteiger partial charge in [0.25, 0.3) is 11.8 Å². The predicted octanol–water partition coefficient (Wildman–Crippen LogP) is 1.56. The predicted molar refractivity (Wildman–Crippen MR) is 155 cm³/mol. The van der Waals surface area contributed by atoms with E-state index in [1.165, 1.54) is 23.5 Å². The molecular weight excluding hydrogens is 657 g/mol. The zero-order valence-corrected chi connectivity index (χ0v) is 25.2. The van der Waals surface area contributed by atoms with E-state index >= 15 is 0 Å². The SMILES string of the molecule is COc1ccccc1CN1CCC(=CC2=C(C(=O)OC(=O)C(F)(F)F)N3C(=O)[C@@H](NC(=O)/C(=N\O)c4csc(N)n4)[C@H]3SC2)C1=O. The first-order valence-electron chi connectivity index (χ1n) is 13.2. The average molecular weight is 681 g/mol. The number of esters is 2. The van der Waals surface area contributed by atoms with Crippen LogP contribution in [0.2, 0.25) is 0 Å². The molecule has 3 amide bonds. The molecule has 1 aromatic carbocycles. The summed E-state index contributed by atoms with van der Waals surface area (Å²) in [6, 6.07) is 5.76. The number of nitrogens with two attached hydrogens (primary N) is 1. The van der Waals surface area contributed by atoms with Gasteiger partial charge in [0.2, 0.25) is 5.91 Å². The number of carbonyl (C=O) groups is 5. The van der Waals surface area contributed by atoms with Crippen molar-refractivity contribution >= 4 is 63.6 Å². The Morgan fingerprint density at radius 2 is 2.00 bits per heavy atom. The van der Waals surface area contributed by atoms with Gasteiger partial charge < -0.3 is 30.6 Å². The molecule has 2 fully saturated rings. The van der Waals surface area contributed by atoms with E-state index in [4.69, 9.17) is 10.5 Å². The largest absolute Gasteiger partial charge is 0.496 e. The van der Waals surface area contributed by atoms with Gasteiger partial charge in [-0.3, -0.25) is 19.3 Å². The molecule has 4 heterocycles. The van der Waals surface area contributed by atoms with Gasteiger partial charge in [0, 0.05) is 35.4 Å². The number of fused-ring (bicyclic) bond motifs is 1. The van der Waals surface area contributed by atoms with E-state index in [0.29, 0.717) is 5.75 Å². The molecule has 5 rings (SSSR count). The van der Waals surface area contributed by atoms with Gasteiger partial charge in [-0.1, -0.05) is 23.4 Å². The Morgan fingerprint density at radius 1 is 1.26 bits per heavy atom. The zero-order valence-electron chi connectivity index (χ0n) is 23.6. The molecule has 19 heteroatoms. The number of halogens is 3. The molecule has 0 aliphatic carbocycles. The number of alkyl halides is 3. The third-order valence-corrected chi connectivity index (χ3v) is 9.07. The van der Waals surface area contributed by atoms with E-state index in [-0.39, 0.29) is 47.2 Å². The number of ether oxygens (including phenoxy) is 2. The van der Waals surface area contributed by atoms with Crippen molar-refractivity contribution in [2.45, 2.75) is 30.6 Å². The number of hydrogen-bond donors (Lipinski definition) is 3. The van der Waals surface area contributed by atoms with Crippen LogP contribution in [0.3, 0.4) is 0 Å². The van der Waals surface area contributed by atoms with E-state index < -0.39 is 58.7 Å². The molecule has 46 heavy (non-hydrogen) atoms. The van der Waals surface area contributed by atoms with Crippen molar-refractivity contribution in [3.05, 3.63) is 63.8 Å². The Bertz CT molecular complexity index is 1720. The fourth-order valence-electron chi connectivity index (χ4n) is 4.95. The van der Waals surface area contributed by atoms with Crippen molar-refractivity contribution in [3.63, 3.8) is 0 Å². The van der Waals surface area contributed by atoms with E-state index in [9.17, 15) is 42.4 Å². The number of para-hydroxylation sites is 1. The van der Waals surface area contributed by atoms with Crippen molar-refractivity contribution in [1.82, 2.24) is 20.1 Å². The van der Waals surface area contributed by atoms with Crippen LogP contribution in [0.5, 0.6) is 5.75 Å². The van der Waals surface area contributed by atoms with Crippen LogP contribution in [0.1, 0.15) is 17.7 Å². The second kappa shape index (κ2) is 12.8. The number of thioether (sulfide) groups is 1. The van der Waals surface area contributed by atoms with Gasteiger partial charge in [0.05, 0.1) is 7.11 Å². The highest BCUT2D eigenvalue weighted by molar-refractivity contribution is 8.00. The number of thiazole rings is 1. The Labute approximate surface area is 265 Å². The Hall–Kier alpha value is -4.91. The van der Waals surface area contributed by atoms with Crippen molar-refractivity contribution in [2.24, 2.45) is 5.16 Å². The first kappa shape index (κ1) is 32.5. The number of nitrogen functional groups attached to an aromatic ring is 1. The molecule has 3 aliphatic rings. The molecule has 0 radical (unpaired) electrons. The number of rotatable bonds is 8. The summed E-state index contributed by atoms with van der Waals surface area (Å²) >= 11 is 1.99. The molecule has 0 saturated carbocycles. The smallest absolute Gasteiger partial charge is 0.491 e. The number of β-lactam (4-membered cyclic amide) rings is 1. The maximum absolute atomic E-state index is 13.3. The summed E-state index contributed by atoms with van der Waals surface area (Å²) in [5.41, 5.74) is 5.15. The monoisotopic (exact) mass is 680 g/mol. The first-order chi connectivity index (χ1) is 21.8. The average Bonchev–Trinajstić information content (AvgIpc) is 3.60. The highest BCUT2D eigenvalue weighted by atomic mass is 32.2. The summed E-state index contributed by atoms with van der Waals surface area (Å²) < 4.78 is 48.3. The van der Waals surface area contributed by atoms with Crippen molar-refractivity contribution in [3.8, 4) is 5.75 Å². The first-order valence-corrected chi connectivity index (χ1v) is 15.1. The van der Waals surface area contributed by atoms with Crippen LogP contribution in [0, 0.1) is 0 Å². The van der Waals surface area contributed by atoms with Crippen LogP contribution in [0.4, 0.5) is 18.3 Å². The van der Waals surface area contributed by atoms with Gasteiger partial charge in [0.1, 0.15) is 28.6 Å². The van der Waals surface area contributed by atoms with Crippen LogP contribution < -0.4 is 15.8 Å². The lowest BCUT2D eigenvalue weighted by Crippen LogP contribution is -2.71. The van der Waals surface area contributed by atoms with Crippen LogP contribution >= 0.6 is 23.1 Å². The lowest BCUT2D eigenvalue weighted by atomic mass is 10.0. The van der Waals surface area contributed by atoms with E-state index in [2.05, 4.69) is 20.2 Å². The summed E-state index contributed by atoms with van der Waals surface area (Å²) in [5.74, 6) is -6.47. The normalized spacial score (nSPS) is 20.9. The summed E-state index contributed by atoms with van der Waals surface area (Å²) in [7, 11) is 1.49. The number of hydrogen-bond acceptors (Lipinski definition) is 13. The third kappa shape index (κ3) is 6.27. The van der Waals surface area contributed by atoms with Gasteiger partial charge in [-0.15, -0.1) is 23.1 Å². The Balaban J connectivity index is 1.41. The molecule has 2 atom stereocenters. The van der Waals surface area contributed by atoms with Crippen molar-refractivity contribution in [2.75, 3.05) is 25.1 Å². The van der Waals surface area contributed by atoms with Crippen molar-refractivity contribution in [1.29, 1.82) is 0 Å². The van der Waals surface area contributed by atoms with Crippen LogP contribution in [0.25, 0.3) is 0 Å². The van der Waals surface area contributed by atoms with Gasteiger partial charge >= 0.3 is 18.1 Å². The molecule has 2 saturated heterocycles. The number of aromatic nitrogens is 1. The minimum absolute atomic E-state index is 0.0302. The topological polar surface area (TPSA) is 194 Å². The van der Waals surface area contributed by atoms with E-state index in [1.54, 1.807) is 24.3 Å². The lowest BCUT2D eigenvalue weighted by Gasteiger charge is -2.49. The fraction of sp³-hybridized carbons (Fsp3) is 0.296. The highest BCUT2D eigenvalue weighted by Crippen LogP contribution is 2.42. The quantitative estimate of drug-likeness (QED) is 0.0697. The van der Waals surface area contributed by atoms with Crippen LogP contribution in [-0.2, 0) is 35.3 Å². The minimum atomic E-state index is -5.51. The Kier molecular flexibility index (Phi) is 9.06. The maximum Gasteiger partial charge on any atom is 0.491 e. The van der Waals surface area contributed by atoms with E-state index in [0.717, 1.165) is 33.6 Å². The molecule has 1 aromatic heterocycles. The fourth-order valence-corrected chi connectivity index (χ4v) is 6.81. The number of nitrogens with zero attached hydrogens (tertiary/aromatic N) is 4. The molecule has 4 N–H and O–H groups in total. The van der Waals surface area contributed by atoms with Crippen LogP contribution in [-0.4, -0.2) is 92.4 Å². The van der Waals surface area contributed by atoms with Gasteiger partial charge in [0.15, 0.2) is 10.8 Å². The molecule has 0 spiro atoms. The summed E-state index contributed by atoms with van der Waals surface area (Å²) in [5, 5.41) is 15.0. The number of likely N-dealkylation sites (tertiary alicyclic amines) is 1. The molecule has 14 nitrogen and oxygen atoms in total. The second-order valence-corrected chi connectivity index (χ2v) is 11.9. The molecule has 0 bridgehead atoms. The van der Waals surface area contributed by atoms with Crippen LogP contribution in [0.15, 0.2) is 57.7 Å². The number of oxime groups is 1. The number of carbonyl (C=O) groups excluding carboxylic acids is 5. The third-order valence-electron chi connectivity index (χ3n) is 7.09. The number of methoxy groups -OCH3 is 1. The summed E-state index contributed by atoms with van der Waals surface area (Å²) in [4.78, 5) is 70.0. The number of allylic oxidation sites excluding steroid dienone is 1. The maximum atomic E-state index is 13.3. The minimum Gasteiger partial charge on any atom is -0.496 e. The highest BCUT2D eigenvalue weighted by Gasteiger charge is 2.55. The molecular formula is C27H23F3N6O8S2. The van der Waals surface area contributed by atoms with Gasteiger partial charge in [-0.25, -0.2) is 14.6 Å². The van der Waals surface area contributed by atoms with Gasteiger partial charge in [-0.05, 0) is 24.1 Å². The van der Waals surface area contributed by atoms with Crippen molar-refractivity contribution < 1.29 is 51.8 Å². The number of anilines is 1. The summed E-state index contributed by atoms with van der Waals surface area (Å²) in [6.07, 6.45) is -4.00. The van der Waals surface area contributed by atoms with E-state index in [1.807, 2.05) is 0 Å². The lowest BCUT2D eigenvalue weighted by molar-refractivity contribution is -0.201. The zero-order chi connectivity index (χ0) is 33.3. The Morgan fingerprint density at radius 3 is 2.65 bits per heavy atom. The van der Waals surface area contributed by atoms with Gasteiger partial charge in [-0.2, -0.15) is 13.2 Å². The molecule has 0 unspecified atom stereocenters. The second-order valence-electron chi connectivity index (χ2n) is 9.89. The number of nitrogens with one attached hydrogen (secondary N) is 1. The molecule has 2 aromatic rings.